The van der Waals surface area contributed by atoms with Gasteiger partial charge in [-0.05, 0) is 0 Å². The molecule has 1 aliphatic rings. The Morgan fingerprint density at radius 3 is 2.53 bits per heavy atom. The van der Waals surface area contributed by atoms with Crippen LogP contribution in [-0.2, 0) is 0 Å². The molecule has 0 fully saturated rings. The Kier molecular flexibility index (Phi) is 3.85. The Morgan fingerprint density at radius 1 is 1.21 bits per heavy atom. The minimum Gasteiger partial charge on any atom is -0.387 e. The first-order chi connectivity index (χ1) is 9.15. The van der Waals surface area contributed by atoms with Gasteiger partial charge >= 0.3 is 0 Å². The number of amidine groups is 4. The highest BCUT2D eigenvalue weighted by molar-refractivity contribution is 6.25. The third-order valence-corrected chi connectivity index (χ3v) is 2.81. The van der Waals surface area contributed by atoms with Crippen LogP contribution in [0.15, 0.2) is 39.2 Å². The van der Waals surface area contributed by atoms with E-state index in [1.165, 1.54) is 0 Å². The lowest BCUT2D eigenvalue weighted by Crippen LogP contribution is -2.12. The van der Waals surface area contributed by atoms with E-state index >= 15 is 0 Å². The standard InChI is InChI=1S/C14H17N5/c1-3-11(15)17-13-9-7-5-6-8-10(9)14(19-13)18-12(16)4-2/h5-8H,3-4H2,1-2H3,(H3,15,16,17,18,19). The lowest BCUT2D eigenvalue weighted by Gasteiger charge is -1.99. The molecule has 98 valence electrons. The molecule has 1 aromatic carbocycles. The molecule has 0 saturated carbocycles. The largest absolute Gasteiger partial charge is 0.387 e. The topological polar surface area (TPSA) is 87.0 Å². The molecule has 1 heterocycles. The van der Waals surface area contributed by atoms with Crippen LogP contribution in [0.5, 0.6) is 0 Å². The first-order valence-corrected chi connectivity index (χ1v) is 6.33. The Bertz CT molecular complexity index is 596. The maximum absolute atomic E-state index is 7.67. The number of nitrogens with one attached hydrogen (secondary N) is 1. The molecule has 5 heteroatoms. The maximum Gasteiger partial charge on any atom is 0.164 e. The van der Waals surface area contributed by atoms with Gasteiger partial charge in [0.1, 0.15) is 11.7 Å². The minimum atomic E-state index is 0.308. The zero-order valence-electron chi connectivity index (χ0n) is 11.1. The molecular formula is C14H17N5. The van der Waals surface area contributed by atoms with E-state index in [0.717, 1.165) is 11.1 Å². The van der Waals surface area contributed by atoms with E-state index in [9.17, 15) is 0 Å². The van der Waals surface area contributed by atoms with Crippen LogP contribution >= 0.6 is 0 Å². The van der Waals surface area contributed by atoms with Crippen molar-refractivity contribution in [2.45, 2.75) is 26.7 Å². The summed E-state index contributed by atoms with van der Waals surface area (Å²) in [5.74, 6) is 1.98. The van der Waals surface area contributed by atoms with Crippen molar-refractivity contribution in [1.82, 2.24) is 0 Å². The number of benzene rings is 1. The summed E-state index contributed by atoms with van der Waals surface area (Å²) >= 11 is 0. The van der Waals surface area contributed by atoms with Crippen molar-refractivity contribution in [2.75, 3.05) is 0 Å². The van der Waals surface area contributed by atoms with Gasteiger partial charge in [0.15, 0.2) is 11.7 Å². The molecule has 3 N–H and O–H groups in total. The van der Waals surface area contributed by atoms with Crippen molar-refractivity contribution >= 4 is 23.3 Å². The molecule has 1 aromatic rings. The molecule has 0 aliphatic carbocycles. The number of nitrogens with two attached hydrogens (primary N) is 1. The number of hydrogen-bond donors (Lipinski definition) is 2. The molecule has 0 saturated heterocycles. The van der Waals surface area contributed by atoms with Gasteiger partial charge in [-0.25, -0.2) is 15.0 Å². The van der Waals surface area contributed by atoms with Crippen molar-refractivity contribution in [3.63, 3.8) is 0 Å². The summed E-state index contributed by atoms with van der Waals surface area (Å²) in [7, 11) is 0. The molecule has 0 atom stereocenters. The predicted molar refractivity (Wildman–Crippen MR) is 79.4 cm³/mol. The average molecular weight is 255 g/mol. The van der Waals surface area contributed by atoms with Crippen LogP contribution in [0.3, 0.4) is 0 Å². The quantitative estimate of drug-likeness (QED) is 0.616. The fourth-order valence-electron chi connectivity index (χ4n) is 1.69. The van der Waals surface area contributed by atoms with Gasteiger partial charge in [0.05, 0.1) is 0 Å². The number of rotatable bonds is 2. The van der Waals surface area contributed by atoms with Crippen molar-refractivity contribution in [2.24, 2.45) is 20.7 Å². The van der Waals surface area contributed by atoms with E-state index in [2.05, 4.69) is 15.0 Å². The van der Waals surface area contributed by atoms with Crippen LogP contribution in [0, 0.1) is 5.41 Å². The number of hydrogen-bond acceptors (Lipinski definition) is 2. The normalized spacial score (nSPS) is 16.4. The fraction of sp³-hybridized carbons (Fsp3) is 0.286. The summed E-state index contributed by atoms with van der Waals surface area (Å²) < 4.78 is 0. The number of fused-ring (bicyclic) bond motifs is 1. The van der Waals surface area contributed by atoms with Gasteiger partial charge in [0, 0.05) is 24.0 Å². The van der Waals surface area contributed by atoms with E-state index < -0.39 is 0 Å². The second-order valence-corrected chi connectivity index (χ2v) is 4.17. The second kappa shape index (κ2) is 5.56. The molecule has 19 heavy (non-hydrogen) atoms. The monoisotopic (exact) mass is 255 g/mol. The highest BCUT2D eigenvalue weighted by Crippen LogP contribution is 2.20. The summed E-state index contributed by atoms with van der Waals surface area (Å²) in [5, 5.41) is 7.67. The number of nitrogens with zero attached hydrogens (tertiary/aromatic N) is 3. The smallest absolute Gasteiger partial charge is 0.164 e. The third kappa shape index (κ3) is 2.76. The van der Waals surface area contributed by atoms with E-state index in [1.54, 1.807) is 0 Å². The van der Waals surface area contributed by atoms with Gasteiger partial charge in [-0.3, -0.25) is 5.41 Å². The van der Waals surface area contributed by atoms with Crippen LogP contribution in [0.25, 0.3) is 0 Å². The zero-order chi connectivity index (χ0) is 13.8. The molecule has 0 radical (unpaired) electrons. The first-order valence-electron chi connectivity index (χ1n) is 6.33. The molecule has 2 rings (SSSR count). The van der Waals surface area contributed by atoms with Gasteiger partial charge in [0.25, 0.3) is 0 Å². The fourth-order valence-corrected chi connectivity index (χ4v) is 1.69. The first kappa shape index (κ1) is 13.1. The summed E-state index contributed by atoms with van der Waals surface area (Å²) in [6.45, 7) is 3.84. The molecule has 0 amide bonds. The molecule has 0 bridgehead atoms. The summed E-state index contributed by atoms with van der Waals surface area (Å²) in [6.07, 6.45) is 1.26. The van der Waals surface area contributed by atoms with Crippen LogP contribution in [0.1, 0.15) is 37.8 Å². The molecule has 5 nitrogen and oxygen atoms in total. The summed E-state index contributed by atoms with van der Waals surface area (Å²) in [4.78, 5) is 12.9. The van der Waals surface area contributed by atoms with Crippen molar-refractivity contribution in [3.05, 3.63) is 35.4 Å². The highest BCUT2D eigenvalue weighted by Gasteiger charge is 2.21. The average Bonchev–Trinajstić information content (AvgIpc) is 2.77. The van der Waals surface area contributed by atoms with E-state index in [-0.39, 0.29) is 0 Å². The lowest BCUT2D eigenvalue weighted by atomic mass is 10.1. The van der Waals surface area contributed by atoms with Crippen LogP contribution in [-0.4, -0.2) is 23.3 Å². The van der Waals surface area contributed by atoms with Crippen LogP contribution in [0.4, 0.5) is 0 Å². The van der Waals surface area contributed by atoms with E-state index in [0.29, 0.717) is 36.2 Å². The Hall–Kier alpha value is -2.30. The van der Waals surface area contributed by atoms with E-state index in [4.69, 9.17) is 11.1 Å². The minimum absolute atomic E-state index is 0.308. The van der Waals surface area contributed by atoms with Gasteiger partial charge in [0.2, 0.25) is 0 Å². The molecular weight excluding hydrogens is 238 g/mol. The van der Waals surface area contributed by atoms with Crippen LogP contribution in [0.2, 0.25) is 0 Å². The van der Waals surface area contributed by atoms with Crippen molar-refractivity contribution < 1.29 is 0 Å². The lowest BCUT2D eigenvalue weighted by molar-refractivity contribution is 1.21. The van der Waals surface area contributed by atoms with Gasteiger partial charge < -0.3 is 5.73 Å². The second-order valence-electron chi connectivity index (χ2n) is 4.17. The Balaban J connectivity index is 2.49. The maximum atomic E-state index is 7.67. The summed E-state index contributed by atoms with van der Waals surface area (Å²) in [6, 6.07) is 7.74. The zero-order valence-corrected chi connectivity index (χ0v) is 11.1. The van der Waals surface area contributed by atoms with Crippen LogP contribution < -0.4 is 5.73 Å². The van der Waals surface area contributed by atoms with E-state index in [1.807, 2.05) is 38.1 Å². The molecule has 0 spiro atoms. The Morgan fingerprint density at radius 2 is 1.89 bits per heavy atom. The molecule has 0 unspecified atom stereocenters. The third-order valence-electron chi connectivity index (χ3n) is 2.81. The molecule has 1 aliphatic heterocycles. The van der Waals surface area contributed by atoms with Crippen molar-refractivity contribution in [1.29, 1.82) is 5.41 Å². The Labute approximate surface area is 112 Å². The van der Waals surface area contributed by atoms with Gasteiger partial charge in [-0.1, -0.05) is 38.1 Å². The number of aliphatic imine (C=N–C) groups is 3. The molecule has 0 aromatic heterocycles. The van der Waals surface area contributed by atoms with Gasteiger partial charge in [-0.2, -0.15) is 0 Å². The summed E-state index contributed by atoms with van der Waals surface area (Å²) in [5.41, 5.74) is 7.59. The predicted octanol–water partition coefficient (Wildman–Crippen LogP) is 2.35. The highest BCUT2D eigenvalue weighted by atomic mass is 15.0. The van der Waals surface area contributed by atoms with Crippen molar-refractivity contribution in [3.8, 4) is 0 Å². The van der Waals surface area contributed by atoms with Gasteiger partial charge in [-0.15, -0.1) is 0 Å². The SMILES string of the molecule is CCC(=N)N=C1N=C(N=C(N)CC)c2ccccc21.